The highest BCUT2D eigenvalue weighted by Gasteiger charge is 2.35. The van der Waals surface area contributed by atoms with E-state index in [1.807, 2.05) is 0 Å². The van der Waals surface area contributed by atoms with Gasteiger partial charge in [0.2, 0.25) is 5.91 Å². The second-order valence-electron chi connectivity index (χ2n) is 5.89. The average molecular weight is 373 g/mol. The van der Waals surface area contributed by atoms with E-state index in [1.54, 1.807) is 26.0 Å². The maximum atomic E-state index is 14.5. The molecule has 2 rings (SSSR count). The van der Waals surface area contributed by atoms with E-state index < -0.39 is 30.7 Å². The molecule has 138 valence electrons. The van der Waals surface area contributed by atoms with Gasteiger partial charge in [0.05, 0.1) is 25.1 Å². The van der Waals surface area contributed by atoms with Crippen molar-refractivity contribution in [2.24, 2.45) is 0 Å². The number of alkyl halides is 2. The monoisotopic (exact) mass is 373 g/mol. The van der Waals surface area contributed by atoms with Crippen LogP contribution in [0.1, 0.15) is 31.6 Å². The molecule has 0 unspecified atom stereocenters. The van der Waals surface area contributed by atoms with E-state index in [0.717, 1.165) is 11.3 Å². The van der Waals surface area contributed by atoms with Gasteiger partial charge in [-0.1, -0.05) is 0 Å². The Morgan fingerprint density at radius 2 is 1.84 bits per heavy atom. The first kappa shape index (κ1) is 19.4. The summed E-state index contributed by atoms with van der Waals surface area (Å²) in [7, 11) is 2.96. The van der Waals surface area contributed by atoms with E-state index in [9.17, 15) is 18.8 Å². The van der Waals surface area contributed by atoms with Crippen LogP contribution in [0.15, 0.2) is 18.2 Å². The highest BCUT2D eigenvalue weighted by atomic mass is 32.1. The third-order valence-corrected chi connectivity index (χ3v) is 4.99. The molecule has 0 saturated carbocycles. The number of carbonyl (C=O) groups is 1. The van der Waals surface area contributed by atoms with Gasteiger partial charge < -0.3 is 9.47 Å². The van der Waals surface area contributed by atoms with E-state index in [4.69, 9.17) is 9.47 Å². The smallest absolute Gasteiger partial charge is 0.282 e. The minimum Gasteiger partial charge on any atom is -0.493 e. The highest BCUT2D eigenvalue weighted by Crippen LogP contribution is 2.43. The zero-order valence-electron chi connectivity index (χ0n) is 14.5. The molecule has 0 atom stereocenters. The van der Waals surface area contributed by atoms with Gasteiger partial charge in [-0.3, -0.25) is 10.0 Å². The normalized spacial score (nSPS) is 11.8. The van der Waals surface area contributed by atoms with Crippen molar-refractivity contribution in [1.82, 2.24) is 5.06 Å². The zero-order valence-corrected chi connectivity index (χ0v) is 15.3. The lowest BCUT2D eigenvalue weighted by atomic mass is 10.1. The van der Waals surface area contributed by atoms with Gasteiger partial charge in [-0.25, -0.2) is 13.8 Å². The average Bonchev–Trinajstić information content (AvgIpc) is 3.01. The van der Waals surface area contributed by atoms with Crippen molar-refractivity contribution in [2.75, 3.05) is 14.2 Å². The summed E-state index contributed by atoms with van der Waals surface area (Å²) in [4.78, 5) is 11.6. The SMILES string of the molecule is COc1cc2cc(C(F)(F)CCC(=O)N(O)C(C)C)sc2cc1OC. The molecule has 25 heavy (non-hydrogen) atoms. The Hall–Kier alpha value is -1.93. The topological polar surface area (TPSA) is 59.0 Å². The molecule has 1 aromatic heterocycles. The number of nitrogens with zero attached hydrogens (tertiary/aromatic N) is 1. The van der Waals surface area contributed by atoms with Crippen LogP contribution in [0.3, 0.4) is 0 Å². The molecular weight excluding hydrogens is 352 g/mol. The fourth-order valence-electron chi connectivity index (χ4n) is 2.34. The number of methoxy groups -OCH3 is 2. The number of carbonyl (C=O) groups excluding carboxylic acids is 1. The number of hydrogen-bond donors (Lipinski definition) is 1. The molecule has 1 amide bonds. The summed E-state index contributed by atoms with van der Waals surface area (Å²) in [5.41, 5.74) is 0. The maximum absolute atomic E-state index is 14.5. The maximum Gasteiger partial charge on any atom is 0.282 e. The van der Waals surface area contributed by atoms with Crippen LogP contribution in [0.4, 0.5) is 8.78 Å². The van der Waals surface area contributed by atoms with Gasteiger partial charge >= 0.3 is 0 Å². The Morgan fingerprint density at radius 1 is 1.24 bits per heavy atom. The standard InChI is InChI=1S/C17H21F2NO4S/c1-10(2)20(22)16(21)5-6-17(18,19)15-8-11-7-12(23-3)13(24-4)9-14(11)25-15/h7-10,22H,5-6H2,1-4H3. The summed E-state index contributed by atoms with van der Waals surface area (Å²) in [6, 6.07) is 4.23. The van der Waals surface area contributed by atoms with Crippen molar-refractivity contribution >= 4 is 27.3 Å². The Balaban J connectivity index is 2.22. The summed E-state index contributed by atoms with van der Waals surface area (Å²) in [5.74, 6) is -2.96. The number of halogens is 2. The minimum absolute atomic E-state index is 0.139. The molecule has 0 saturated heterocycles. The van der Waals surface area contributed by atoms with Crippen LogP contribution in [0, 0.1) is 0 Å². The first-order valence-corrected chi connectivity index (χ1v) is 8.56. The largest absolute Gasteiger partial charge is 0.493 e. The second-order valence-corrected chi connectivity index (χ2v) is 6.98. The number of hydrogen-bond acceptors (Lipinski definition) is 5. The molecule has 0 fully saturated rings. The second kappa shape index (κ2) is 7.53. The van der Waals surface area contributed by atoms with E-state index in [1.165, 1.54) is 20.3 Å². The fourth-order valence-corrected chi connectivity index (χ4v) is 3.41. The Labute approximate surface area is 148 Å². The van der Waals surface area contributed by atoms with Crippen LogP contribution in [0.5, 0.6) is 11.5 Å². The van der Waals surface area contributed by atoms with Crippen LogP contribution in [0.2, 0.25) is 0 Å². The number of hydroxylamine groups is 2. The molecule has 0 aliphatic rings. The van der Waals surface area contributed by atoms with Crippen molar-refractivity contribution in [2.45, 2.75) is 38.7 Å². The molecule has 8 heteroatoms. The molecule has 5 nitrogen and oxygen atoms in total. The van der Waals surface area contributed by atoms with Crippen LogP contribution in [0.25, 0.3) is 10.1 Å². The van der Waals surface area contributed by atoms with Gasteiger partial charge in [0, 0.05) is 23.6 Å². The van der Waals surface area contributed by atoms with Gasteiger partial charge in [0.1, 0.15) is 0 Å². The number of rotatable bonds is 7. The summed E-state index contributed by atoms with van der Waals surface area (Å²) < 4.78 is 40.0. The highest BCUT2D eigenvalue weighted by molar-refractivity contribution is 7.19. The van der Waals surface area contributed by atoms with Crippen LogP contribution in [-0.2, 0) is 10.7 Å². The first-order chi connectivity index (χ1) is 11.7. The summed E-state index contributed by atoms with van der Waals surface area (Å²) in [6.45, 7) is 3.20. The lowest BCUT2D eigenvalue weighted by Crippen LogP contribution is -2.34. The van der Waals surface area contributed by atoms with Gasteiger partial charge in [-0.15, -0.1) is 11.3 Å². The van der Waals surface area contributed by atoms with Gasteiger partial charge in [-0.05, 0) is 31.4 Å². The molecule has 0 aliphatic carbocycles. The molecule has 0 radical (unpaired) electrons. The fraction of sp³-hybridized carbons (Fsp3) is 0.471. The van der Waals surface area contributed by atoms with Gasteiger partial charge in [-0.2, -0.15) is 0 Å². The molecule has 1 N–H and O–H groups in total. The zero-order chi connectivity index (χ0) is 18.8. The lowest BCUT2D eigenvalue weighted by Gasteiger charge is -2.20. The number of fused-ring (bicyclic) bond motifs is 1. The predicted octanol–water partition coefficient (Wildman–Crippen LogP) is 4.42. The van der Waals surface area contributed by atoms with E-state index >= 15 is 0 Å². The Kier molecular flexibility index (Phi) is 5.84. The van der Waals surface area contributed by atoms with E-state index in [-0.39, 0.29) is 4.88 Å². The van der Waals surface area contributed by atoms with Gasteiger partial charge in [0.25, 0.3) is 5.92 Å². The van der Waals surface area contributed by atoms with E-state index in [0.29, 0.717) is 26.6 Å². The summed E-state index contributed by atoms with van der Waals surface area (Å²) in [6.07, 6.45) is -1.11. The predicted molar refractivity (Wildman–Crippen MR) is 91.8 cm³/mol. The summed E-state index contributed by atoms with van der Waals surface area (Å²) >= 11 is 0.946. The molecule has 1 heterocycles. The van der Waals surface area contributed by atoms with Crippen LogP contribution >= 0.6 is 11.3 Å². The Bertz CT molecular complexity index is 719. The quantitative estimate of drug-likeness (QED) is 0.577. The lowest BCUT2D eigenvalue weighted by molar-refractivity contribution is -0.174. The molecular formula is C17H21F2NO4S. The third-order valence-electron chi connectivity index (χ3n) is 3.78. The number of amides is 1. The summed E-state index contributed by atoms with van der Waals surface area (Å²) in [5, 5.41) is 10.6. The van der Waals surface area contributed by atoms with Crippen molar-refractivity contribution in [3.05, 3.63) is 23.1 Å². The first-order valence-electron chi connectivity index (χ1n) is 7.74. The molecule has 0 bridgehead atoms. The van der Waals surface area contributed by atoms with E-state index in [2.05, 4.69) is 0 Å². The third kappa shape index (κ3) is 4.19. The number of ether oxygens (including phenoxy) is 2. The van der Waals surface area contributed by atoms with Crippen LogP contribution < -0.4 is 9.47 Å². The van der Waals surface area contributed by atoms with Crippen molar-refractivity contribution in [3.63, 3.8) is 0 Å². The Morgan fingerprint density at radius 3 is 2.40 bits per heavy atom. The number of benzene rings is 1. The number of thiophene rings is 1. The van der Waals surface area contributed by atoms with Crippen LogP contribution in [-0.4, -0.2) is 36.4 Å². The van der Waals surface area contributed by atoms with Crippen molar-refractivity contribution in [1.29, 1.82) is 0 Å². The van der Waals surface area contributed by atoms with Crippen molar-refractivity contribution in [3.8, 4) is 11.5 Å². The molecule has 0 aliphatic heterocycles. The molecule has 1 aromatic carbocycles. The molecule has 2 aromatic rings. The van der Waals surface area contributed by atoms with Gasteiger partial charge in [0.15, 0.2) is 11.5 Å². The van der Waals surface area contributed by atoms with Crippen molar-refractivity contribution < 1.29 is 28.3 Å². The molecule has 0 spiro atoms. The minimum atomic E-state index is -3.17.